The number of rotatable bonds is 5. The van der Waals surface area contributed by atoms with E-state index in [1.165, 1.54) is 37.7 Å². The summed E-state index contributed by atoms with van der Waals surface area (Å²) in [6.07, 6.45) is 11.9. The van der Waals surface area contributed by atoms with Crippen LogP contribution < -0.4 is 10.2 Å². The van der Waals surface area contributed by atoms with E-state index in [1.807, 2.05) is 18.3 Å². The Morgan fingerprint density at radius 1 is 1.05 bits per heavy atom. The summed E-state index contributed by atoms with van der Waals surface area (Å²) in [7, 11) is 2.17. The van der Waals surface area contributed by atoms with Crippen LogP contribution in [0.5, 0.6) is 0 Å². The monoisotopic (exact) mass is 297 g/mol. The Bertz CT molecular complexity index is 581. The number of hydrogen-bond donors (Lipinski definition) is 1. The molecule has 1 saturated carbocycles. The van der Waals surface area contributed by atoms with Crippen LogP contribution in [0.3, 0.4) is 0 Å². The number of hydrogen-bond acceptors (Lipinski definition) is 5. The lowest BCUT2D eigenvalue weighted by Gasteiger charge is -2.33. The van der Waals surface area contributed by atoms with E-state index in [2.05, 4.69) is 38.3 Å². The summed E-state index contributed by atoms with van der Waals surface area (Å²) in [4.78, 5) is 15.4. The number of nitrogens with zero attached hydrogens (tertiary/aromatic N) is 4. The van der Waals surface area contributed by atoms with Gasteiger partial charge in [0.1, 0.15) is 5.82 Å². The standard InChI is InChI=1S/C17H23N5/c1-22(15-8-3-2-4-9-15)16-14(7-5-10-18-16)13-21-17-19-11-6-12-20-17/h5-7,10-12,15H,2-4,8-9,13H2,1H3,(H,19,20,21). The van der Waals surface area contributed by atoms with Crippen LogP contribution in [0.4, 0.5) is 11.8 Å². The van der Waals surface area contributed by atoms with E-state index in [0.717, 1.165) is 5.82 Å². The molecule has 116 valence electrons. The van der Waals surface area contributed by atoms with E-state index >= 15 is 0 Å². The van der Waals surface area contributed by atoms with Crippen LogP contribution in [0.1, 0.15) is 37.7 Å². The average molecular weight is 297 g/mol. The summed E-state index contributed by atoms with van der Waals surface area (Å²) in [6.45, 7) is 0.685. The van der Waals surface area contributed by atoms with E-state index in [1.54, 1.807) is 12.4 Å². The van der Waals surface area contributed by atoms with Crippen molar-refractivity contribution in [2.45, 2.75) is 44.7 Å². The van der Waals surface area contributed by atoms with Gasteiger partial charge in [-0.3, -0.25) is 0 Å². The van der Waals surface area contributed by atoms with Crippen LogP contribution in [-0.4, -0.2) is 28.0 Å². The molecule has 0 bridgehead atoms. The number of nitrogens with one attached hydrogen (secondary N) is 1. The van der Waals surface area contributed by atoms with Gasteiger partial charge in [-0.15, -0.1) is 0 Å². The first-order chi connectivity index (χ1) is 10.8. The molecule has 0 aliphatic heterocycles. The smallest absolute Gasteiger partial charge is 0.222 e. The van der Waals surface area contributed by atoms with Crippen molar-refractivity contribution in [1.82, 2.24) is 15.0 Å². The number of aromatic nitrogens is 3. The third-order valence-corrected chi connectivity index (χ3v) is 4.33. The van der Waals surface area contributed by atoms with Crippen LogP contribution in [0.2, 0.25) is 0 Å². The Kier molecular flexibility index (Phi) is 4.83. The topological polar surface area (TPSA) is 53.9 Å². The lowest BCUT2D eigenvalue weighted by Crippen LogP contribution is -2.34. The summed E-state index contributed by atoms with van der Waals surface area (Å²) in [5.74, 6) is 1.72. The van der Waals surface area contributed by atoms with Crippen molar-refractivity contribution < 1.29 is 0 Å². The molecular weight excluding hydrogens is 274 g/mol. The van der Waals surface area contributed by atoms with Gasteiger partial charge >= 0.3 is 0 Å². The maximum Gasteiger partial charge on any atom is 0.222 e. The Labute approximate surface area is 131 Å². The highest BCUT2D eigenvalue weighted by molar-refractivity contribution is 5.48. The molecule has 2 aromatic rings. The zero-order chi connectivity index (χ0) is 15.2. The lowest BCUT2D eigenvalue weighted by molar-refractivity contribution is 0.425. The second-order valence-corrected chi connectivity index (χ2v) is 5.81. The molecule has 22 heavy (non-hydrogen) atoms. The van der Waals surface area contributed by atoms with E-state index < -0.39 is 0 Å². The molecule has 5 heteroatoms. The van der Waals surface area contributed by atoms with Crippen LogP contribution in [0, 0.1) is 0 Å². The van der Waals surface area contributed by atoms with Gasteiger partial charge in [0, 0.05) is 43.8 Å². The minimum absolute atomic E-state index is 0.607. The first-order valence-electron chi connectivity index (χ1n) is 8.02. The molecular formula is C17H23N5. The summed E-state index contributed by atoms with van der Waals surface area (Å²) < 4.78 is 0. The molecule has 0 atom stereocenters. The molecule has 3 rings (SSSR count). The molecule has 1 aliphatic carbocycles. The lowest BCUT2D eigenvalue weighted by atomic mass is 9.94. The Morgan fingerprint density at radius 3 is 2.55 bits per heavy atom. The fraction of sp³-hybridized carbons (Fsp3) is 0.471. The number of pyridine rings is 1. The van der Waals surface area contributed by atoms with Crippen molar-refractivity contribution in [3.8, 4) is 0 Å². The van der Waals surface area contributed by atoms with Crippen LogP contribution >= 0.6 is 0 Å². The van der Waals surface area contributed by atoms with Crippen LogP contribution in [0.25, 0.3) is 0 Å². The van der Waals surface area contributed by atoms with Gasteiger partial charge in [0.15, 0.2) is 0 Å². The predicted molar refractivity (Wildman–Crippen MR) is 88.9 cm³/mol. The second kappa shape index (κ2) is 7.20. The van der Waals surface area contributed by atoms with E-state index in [0.29, 0.717) is 18.5 Å². The summed E-state index contributed by atoms with van der Waals surface area (Å²) >= 11 is 0. The van der Waals surface area contributed by atoms with Crippen molar-refractivity contribution in [3.05, 3.63) is 42.4 Å². The van der Waals surface area contributed by atoms with Crippen LogP contribution in [-0.2, 0) is 6.54 Å². The predicted octanol–water partition coefficient (Wildman–Crippen LogP) is 3.25. The minimum atomic E-state index is 0.607. The zero-order valence-electron chi connectivity index (χ0n) is 13.1. The van der Waals surface area contributed by atoms with E-state index in [4.69, 9.17) is 0 Å². The molecule has 0 amide bonds. The SMILES string of the molecule is CN(c1ncccc1CNc1ncccn1)C1CCCCC1. The second-order valence-electron chi connectivity index (χ2n) is 5.81. The van der Waals surface area contributed by atoms with Gasteiger partial charge in [0.25, 0.3) is 0 Å². The van der Waals surface area contributed by atoms with Gasteiger partial charge in [-0.05, 0) is 25.0 Å². The van der Waals surface area contributed by atoms with Crippen molar-refractivity contribution in [1.29, 1.82) is 0 Å². The minimum Gasteiger partial charge on any atom is -0.356 e. The molecule has 0 aromatic carbocycles. The number of anilines is 2. The summed E-state index contributed by atoms with van der Waals surface area (Å²) in [6, 6.07) is 6.53. The maximum atomic E-state index is 4.61. The van der Waals surface area contributed by atoms with E-state index in [9.17, 15) is 0 Å². The Hall–Kier alpha value is -2.17. The largest absolute Gasteiger partial charge is 0.356 e. The molecule has 1 N–H and O–H groups in total. The zero-order valence-corrected chi connectivity index (χ0v) is 13.1. The van der Waals surface area contributed by atoms with Gasteiger partial charge in [-0.2, -0.15) is 0 Å². The van der Waals surface area contributed by atoms with Gasteiger partial charge in [0.2, 0.25) is 5.95 Å². The van der Waals surface area contributed by atoms with Crippen molar-refractivity contribution in [2.75, 3.05) is 17.3 Å². The Balaban J connectivity index is 1.71. The van der Waals surface area contributed by atoms with Crippen molar-refractivity contribution in [3.63, 3.8) is 0 Å². The van der Waals surface area contributed by atoms with Gasteiger partial charge in [-0.1, -0.05) is 25.3 Å². The molecule has 0 radical (unpaired) electrons. The third-order valence-electron chi connectivity index (χ3n) is 4.33. The fourth-order valence-electron chi connectivity index (χ4n) is 3.09. The van der Waals surface area contributed by atoms with Gasteiger partial charge < -0.3 is 10.2 Å². The fourth-order valence-corrected chi connectivity index (χ4v) is 3.09. The van der Waals surface area contributed by atoms with Crippen LogP contribution in [0.15, 0.2) is 36.8 Å². The van der Waals surface area contributed by atoms with Gasteiger partial charge in [0.05, 0.1) is 0 Å². The molecule has 0 spiro atoms. The highest BCUT2D eigenvalue weighted by Crippen LogP contribution is 2.27. The normalized spacial score (nSPS) is 15.5. The first-order valence-corrected chi connectivity index (χ1v) is 8.02. The Morgan fingerprint density at radius 2 is 1.77 bits per heavy atom. The summed E-state index contributed by atoms with van der Waals surface area (Å²) in [5.41, 5.74) is 1.18. The van der Waals surface area contributed by atoms with Gasteiger partial charge in [-0.25, -0.2) is 15.0 Å². The quantitative estimate of drug-likeness (QED) is 0.918. The summed E-state index contributed by atoms with van der Waals surface area (Å²) in [5, 5.41) is 3.27. The highest BCUT2D eigenvalue weighted by atomic mass is 15.2. The van der Waals surface area contributed by atoms with Crippen molar-refractivity contribution >= 4 is 11.8 Å². The molecule has 2 heterocycles. The molecule has 1 fully saturated rings. The average Bonchev–Trinajstić information content (AvgIpc) is 2.61. The molecule has 0 saturated heterocycles. The molecule has 2 aromatic heterocycles. The molecule has 5 nitrogen and oxygen atoms in total. The molecule has 0 unspecified atom stereocenters. The third kappa shape index (κ3) is 3.53. The molecule has 1 aliphatic rings. The maximum absolute atomic E-state index is 4.61. The van der Waals surface area contributed by atoms with E-state index in [-0.39, 0.29) is 0 Å². The van der Waals surface area contributed by atoms with Crippen molar-refractivity contribution in [2.24, 2.45) is 0 Å². The highest BCUT2D eigenvalue weighted by Gasteiger charge is 2.20. The first kappa shape index (κ1) is 14.8.